The molecule has 0 bridgehead atoms. The van der Waals surface area contributed by atoms with Crippen molar-refractivity contribution < 1.29 is 0 Å². The lowest BCUT2D eigenvalue weighted by Crippen LogP contribution is -2.35. The van der Waals surface area contributed by atoms with Crippen LogP contribution in [0.2, 0.25) is 0 Å². The van der Waals surface area contributed by atoms with Crippen molar-refractivity contribution >= 4 is 23.5 Å². The molecular formula is C24H34N8. The predicted molar refractivity (Wildman–Crippen MR) is 128 cm³/mol. The van der Waals surface area contributed by atoms with E-state index in [1.807, 2.05) is 12.1 Å². The van der Waals surface area contributed by atoms with E-state index in [0.29, 0.717) is 35.5 Å². The summed E-state index contributed by atoms with van der Waals surface area (Å²) in [6, 6.07) is 10.4. The van der Waals surface area contributed by atoms with Crippen LogP contribution in [-0.2, 0) is 0 Å². The number of nitrogens with one attached hydrogen (secondary N) is 3. The lowest BCUT2D eigenvalue weighted by Gasteiger charge is -2.23. The van der Waals surface area contributed by atoms with Gasteiger partial charge in [0.1, 0.15) is 0 Å². The van der Waals surface area contributed by atoms with Crippen molar-refractivity contribution in [2.24, 2.45) is 0 Å². The maximum absolute atomic E-state index is 9.03. The van der Waals surface area contributed by atoms with Crippen LogP contribution in [0.4, 0.5) is 23.5 Å². The van der Waals surface area contributed by atoms with Gasteiger partial charge in [0.25, 0.3) is 0 Å². The molecule has 8 heteroatoms. The van der Waals surface area contributed by atoms with E-state index in [1.54, 1.807) is 12.1 Å². The minimum atomic E-state index is 0.404. The lowest BCUT2D eigenvalue weighted by molar-refractivity contribution is 0.277. The molecule has 32 heavy (non-hydrogen) atoms. The summed E-state index contributed by atoms with van der Waals surface area (Å²) in [5.74, 6) is 1.71. The molecule has 1 saturated heterocycles. The molecule has 4 rings (SSSR count). The first-order valence-electron chi connectivity index (χ1n) is 12.0. The first-order chi connectivity index (χ1) is 15.7. The summed E-state index contributed by atoms with van der Waals surface area (Å²) in [5.41, 5.74) is 1.47. The second-order valence-electron chi connectivity index (χ2n) is 8.76. The molecule has 1 aliphatic heterocycles. The number of likely N-dealkylation sites (N-methyl/N-ethyl adjacent to an activating group) is 1. The molecule has 0 amide bonds. The number of likely N-dealkylation sites (tertiary alicyclic amines) is 1. The molecule has 1 aromatic carbocycles. The van der Waals surface area contributed by atoms with Crippen LogP contribution in [-0.4, -0.2) is 51.6 Å². The van der Waals surface area contributed by atoms with Crippen LogP contribution in [0.5, 0.6) is 0 Å². The van der Waals surface area contributed by atoms with Crippen molar-refractivity contribution in [3.63, 3.8) is 0 Å². The van der Waals surface area contributed by atoms with Gasteiger partial charge in [-0.2, -0.15) is 20.2 Å². The summed E-state index contributed by atoms with van der Waals surface area (Å²) in [5, 5.41) is 19.3. The summed E-state index contributed by atoms with van der Waals surface area (Å²) in [4.78, 5) is 16.5. The molecule has 2 heterocycles. The number of anilines is 4. The van der Waals surface area contributed by atoms with Gasteiger partial charge < -0.3 is 16.0 Å². The highest BCUT2D eigenvalue weighted by Gasteiger charge is 2.23. The number of aromatic nitrogens is 3. The van der Waals surface area contributed by atoms with Gasteiger partial charge in [-0.05, 0) is 63.0 Å². The number of nitrogens with zero attached hydrogens (tertiary/aromatic N) is 5. The smallest absolute Gasteiger partial charge is 0.233 e. The van der Waals surface area contributed by atoms with Crippen LogP contribution < -0.4 is 16.0 Å². The Labute approximate surface area is 190 Å². The molecule has 2 aromatic rings. The highest BCUT2D eigenvalue weighted by molar-refractivity contribution is 5.57. The predicted octanol–water partition coefficient (Wildman–Crippen LogP) is 4.52. The van der Waals surface area contributed by atoms with Crippen molar-refractivity contribution in [3.05, 3.63) is 29.8 Å². The summed E-state index contributed by atoms with van der Waals surface area (Å²) in [6.07, 6.45) is 9.87. The standard InChI is InChI=1S/C24H34N8/c1-2-32-15-7-10-21(32)17-26-22-29-23(27-19-8-5-3-4-6-9-19)31-24(30-22)28-20-13-11-18(16-25)12-14-20/h11-14,19,21H,2-10,15,17H2,1H3,(H3,26,27,28,29,30,31). The molecule has 0 radical (unpaired) electrons. The molecule has 1 aliphatic carbocycles. The SMILES string of the molecule is CCN1CCCC1CNc1nc(Nc2ccc(C#N)cc2)nc(NC2CCCCCC2)n1. The minimum absolute atomic E-state index is 0.404. The Kier molecular flexibility index (Phi) is 7.73. The highest BCUT2D eigenvalue weighted by Crippen LogP contribution is 2.22. The van der Waals surface area contributed by atoms with Gasteiger partial charge in [0, 0.05) is 24.3 Å². The summed E-state index contributed by atoms with van der Waals surface area (Å²) in [6.45, 7) is 5.29. The number of hydrogen-bond acceptors (Lipinski definition) is 8. The van der Waals surface area contributed by atoms with Gasteiger partial charge >= 0.3 is 0 Å². The second-order valence-corrected chi connectivity index (χ2v) is 8.76. The van der Waals surface area contributed by atoms with E-state index < -0.39 is 0 Å². The van der Waals surface area contributed by atoms with E-state index >= 15 is 0 Å². The fraction of sp³-hybridized carbons (Fsp3) is 0.583. The summed E-state index contributed by atoms with van der Waals surface area (Å²) in [7, 11) is 0. The molecule has 2 fully saturated rings. The fourth-order valence-electron chi connectivity index (χ4n) is 4.69. The zero-order valence-corrected chi connectivity index (χ0v) is 19.0. The highest BCUT2D eigenvalue weighted by atomic mass is 15.3. The Morgan fingerprint density at radius 2 is 1.66 bits per heavy atom. The van der Waals surface area contributed by atoms with Gasteiger partial charge in [0.05, 0.1) is 11.6 Å². The Hall–Kier alpha value is -2.92. The van der Waals surface area contributed by atoms with Crippen molar-refractivity contribution in [2.45, 2.75) is 70.4 Å². The van der Waals surface area contributed by atoms with Gasteiger partial charge in [-0.3, -0.25) is 4.90 Å². The third-order valence-electron chi connectivity index (χ3n) is 6.50. The number of hydrogen-bond donors (Lipinski definition) is 3. The van der Waals surface area contributed by atoms with E-state index in [4.69, 9.17) is 10.2 Å². The molecule has 3 N–H and O–H groups in total. The van der Waals surface area contributed by atoms with Crippen LogP contribution >= 0.6 is 0 Å². The fourth-order valence-corrected chi connectivity index (χ4v) is 4.69. The van der Waals surface area contributed by atoms with Crippen LogP contribution in [0.1, 0.15) is 63.9 Å². The van der Waals surface area contributed by atoms with Crippen molar-refractivity contribution in [3.8, 4) is 6.07 Å². The van der Waals surface area contributed by atoms with Crippen LogP contribution in [0, 0.1) is 11.3 Å². The van der Waals surface area contributed by atoms with Crippen molar-refractivity contribution in [2.75, 3.05) is 35.6 Å². The Morgan fingerprint density at radius 1 is 0.938 bits per heavy atom. The van der Waals surface area contributed by atoms with Crippen LogP contribution in [0.15, 0.2) is 24.3 Å². The van der Waals surface area contributed by atoms with E-state index in [0.717, 1.165) is 31.6 Å². The monoisotopic (exact) mass is 434 g/mol. The van der Waals surface area contributed by atoms with Gasteiger partial charge in [-0.25, -0.2) is 0 Å². The number of benzene rings is 1. The third kappa shape index (κ3) is 6.07. The summed E-state index contributed by atoms with van der Waals surface area (Å²) >= 11 is 0. The molecule has 1 unspecified atom stereocenters. The molecular weight excluding hydrogens is 400 g/mol. The van der Waals surface area contributed by atoms with Gasteiger partial charge in [0.2, 0.25) is 17.8 Å². The molecule has 8 nitrogen and oxygen atoms in total. The summed E-state index contributed by atoms with van der Waals surface area (Å²) < 4.78 is 0. The molecule has 1 saturated carbocycles. The third-order valence-corrected chi connectivity index (χ3v) is 6.50. The van der Waals surface area contributed by atoms with E-state index in [-0.39, 0.29) is 0 Å². The molecule has 0 spiro atoms. The Balaban J connectivity index is 1.50. The van der Waals surface area contributed by atoms with Gasteiger partial charge in [0.15, 0.2) is 0 Å². The average Bonchev–Trinajstić information content (AvgIpc) is 3.13. The first kappa shape index (κ1) is 22.3. The Morgan fingerprint density at radius 3 is 2.38 bits per heavy atom. The minimum Gasteiger partial charge on any atom is -0.352 e. The zero-order valence-electron chi connectivity index (χ0n) is 19.0. The van der Waals surface area contributed by atoms with E-state index in [9.17, 15) is 0 Å². The maximum atomic E-state index is 9.03. The maximum Gasteiger partial charge on any atom is 0.233 e. The van der Waals surface area contributed by atoms with Crippen molar-refractivity contribution in [1.82, 2.24) is 19.9 Å². The topological polar surface area (TPSA) is 102 Å². The normalized spacial score (nSPS) is 19.8. The van der Waals surface area contributed by atoms with Crippen molar-refractivity contribution in [1.29, 1.82) is 5.26 Å². The first-order valence-corrected chi connectivity index (χ1v) is 12.0. The van der Waals surface area contributed by atoms with Crippen LogP contribution in [0.25, 0.3) is 0 Å². The average molecular weight is 435 g/mol. The lowest BCUT2D eigenvalue weighted by atomic mass is 10.1. The number of rotatable bonds is 8. The van der Waals surface area contributed by atoms with E-state index in [1.165, 1.54) is 45.1 Å². The van der Waals surface area contributed by atoms with Gasteiger partial charge in [-0.15, -0.1) is 0 Å². The molecule has 170 valence electrons. The van der Waals surface area contributed by atoms with Crippen LogP contribution in [0.3, 0.4) is 0 Å². The van der Waals surface area contributed by atoms with Gasteiger partial charge in [-0.1, -0.05) is 32.6 Å². The second kappa shape index (κ2) is 11.1. The molecule has 2 aliphatic rings. The number of nitriles is 1. The molecule has 1 atom stereocenters. The molecule has 1 aromatic heterocycles. The quantitative estimate of drug-likeness (QED) is 0.521. The Bertz CT molecular complexity index is 899. The largest absolute Gasteiger partial charge is 0.352 e. The zero-order chi connectivity index (χ0) is 22.2. The van der Waals surface area contributed by atoms with E-state index in [2.05, 4.69) is 43.8 Å².